The average Bonchev–Trinajstić information content (AvgIpc) is 2.76. The molecule has 2 rings (SSSR count). The normalized spacial score (nSPS) is 11.6. The number of nitrogens with zero attached hydrogens (tertiary/aromatic N) is 1. The SMILES string of the molecule is CCCCNC(=O)C(CC)N(Cc1ccc(F)cc1)C(=O)COc1cccc(C)c1C. The zero-order chi connectivity index (χ0) is 22.8. The molecule has 5 nitrogen and oxygen atoms in total. The van der Waals surface area contributed by atoms with Gasteiger partial charge in [0.1, 0.15) is 17.6 Å². The summed E-state index contributed by atoms with van der Waals surface area (Å²) in [6.07, 6.45) is 2.32. The van der Waals surface area contributed by atoms with Crippen molar-refractivity contribution in [3.05, 3.63) is 65.0 Å². The van der Waals surface area contributed by atoms with Crippen LogP contribution in [-0.4, -0.2) is 35.9 Å². The Morgan fingerprint density at radius 1 is 1.10 bits per heavy atom. The second-order valence-electron chi connectivity index (χ2n) is 7.70. The van der Waals surface area contributed by atoms with E-state index in [1.807, 2.05) is 39.0 Å². The van der Waals surface area contributed by atoms with E-state index in [0.29, 0.717) is 18.7 Å². The van der Waals surface area contributed by atoms with E-state index in [-0.39, 0.29) is 30.8 Å². The standard InChI is InChI=1S/C25H33FN2O3/c1-5-7-15-27-25(30)22(6-2)28(16-20-11-13-21(26)14-12-20)24(29)17-31-23-10-8-9-18(3)19(23)4/h8-14,22H,5-7,15-17H2,1-4H3,(H,27,30). The number of carbonyl (C=O) groups excluding carboxylic acids is 2. The maximum Gasteiger partial charge on any atom is 0.261 e. The smallest absolute Gasteiger partial charge is 0.261 e. The highest BCUT2D eigenvalue weighted by Gasteiger charge is 2.29. The molecule has 1 N–H and O–H groups in total. The van der Waals surface area contributed by atoms with Gasteiger partial charge < -0.3 is 15.0 Å². The zero-order valence-electron chi connectivity index (χ0n) is 18.9. The van der Waals surface area contributed by atoms with Gasteiger partial charge in [0.15, 0.2) is 6.61 Å². The number of ether oxygens (including phenoxy) is 1. The fraction of sp³-hybridized carbons (Fsp3) is 0.440. The number of benzene rings is 2. The molecule has 31 heavy (non-hydrogen) atoms. The monoisotopic (exact) mass is 428 g/mol. The molecular weight excluding hydrogens is 395 g/mol. The van der Waals surface area contributed by atoms with Gasteiger partial charge in [0, 0.05) is 13.1 Å². The Morgan fingerprint density at radius 3 is 2.45 bits per heavy atom. The molecule has 0 radical (unpaired) electrons. The molecule has 0 fully saturated rings. The fourth-order valence-corrected chi connectivity index (χ4v) is 3.32. The number of rotatable bonds is 11. The van der Waals surface area contributed by atoms with Gasteiger partial charge >= 0.3 is 0 Å². The second-order valence-corrected chi connectivity index (χ2v) is 7.70. The maximum atomic E-state index is 13.3. The number of unbranched alkanes of at least 4 members (excludes halogenated alkanes) is 1. The van der Waals surface area contributed by atoms with Crippen molar-refractivity contribution in [3.8, 4) is 5.75 Å². The average molecular weight is 429 g/mol. The molecule has 0 aromatic heterocycles. The minimum Gasteiger partial charge on any atom is -0.483 e. The van der Waals surface area contributed by atoms with Crippen molar-refractivity contribution in [1.82, 2.24) is 10.2 Å². The van der Waals surface area contributed by atoms with Crippen molar-refractivity contribution in [2.75, 3.05) is 13.2 Å². The highest BCUT2D eigenvalue weighted by molar-refractivity contribution is 5.88. The molecule has 6 heteroatoms. The van der Waals surface area contributed by atoms with Crippen molar-refractivity contribution in [2.45, 2.75) is 59.5 Å². The third-order valence-electron chi connectivity index (χ3n) is 5.39. The summed E-state index contributed by atoms with van der Waals surface area (Å²) >= 11 is 0. The van der Waals surface area contributed by atoms with Crippen LogP contribution in [0, 0.1) is 19.7 Å². The molecule has 1 atom stereocenters. The molecule has 0 aliphatic carbocycles. The van der Waals surface area contributed by atoms with E-state index in [0.717, 1.165) is 29.5 Å². The first kappa shape index (κ1) is 24.4. The lowest BCUT2D eigenvalue weighted by Crippen LogP contribution is -2.50. The molecule has 0 bridgehead atoms. The Balaban J connectivity index is 2.19. The number of amides is 2. The summed E-state index contributed by atoms with van der Waals surface area (Å²) in [5.74, 6) is -0.166. The van der Waals surface area contributed by atoms with Gasteiger partial charge in [0.05, 0.1) is 0 Å². The lowest BCUT2D eigenvalue weighted by Gasteiger charge is -2.30. The van der Waals surface area contributed by atoms with Crippen LogP contribution in [0.3, 0.4) is 0 Å². The number of hydrogen-bond donors (Lipinski definition) is 1. The Labute approximate surface area is 184 Å². The quantitative estimate of drug-likeness (QED) is 0.535. The molecule has 1 unspecified atom stereocenters. The third kappa shape index (κ3) is 7.09. The first-order chi connectivity index (χ1) is 14.9. The van der Waals surface area contributed by atoms with Gasteiger partial charge in [-0.05, 0) is 61.6 Å². The van der Waals surface area contributed by atoms with Crippen molar-refractivity contribution in [3.63, 3.8) is 0 Å². The van der Waals surface area contributed by atoms with Gasteiger partial charge in [-0.15, -0.1) is 0 Å². The highest BCUT2D eigenvalue weighted by atomic mass is 19.1. The predicted octanol–water partition coefficient (Wildman–Crippen LogP) is 4.55. The van der Waals surface area contributed by atoms with E-state index in [1.54, 1.807) is 12.1 Å². The van der Waals surface area contributed by atoms with Gasteiger partial charge in [-0.2, -0.15) is 0 Å². The molecule has 0 aliphatic rings. The summed E-state index contributed by atoms with van der Waals surface area (Å²) in [6.45, 7) is 8.46. The summed E-state index contributed by atoms with van der Waals surface area (Å²) in [7, 11) is 0. The molecular formula is C25H33FN2O3. The molecule has 0 saturated carbocycles. The van der Waals surface area contributed by atoms with Gasteiger partial charge in [0.25, 0.3) is 5.91 Å². The zero-order valence-corrected chi connectivity index (χ0v) is 18.9. The van der Waals surface area contributed by atoms with Crippen LogP contribution < -0.4 is 10.1 Å². The van der Waals surface area contributed by atoms with Crippen molar-refractivity contribution < 1.29 is 18.7 Å². The number of halogens is 1. The molecule has 168 valence electrons. The van der Waals surface area contributed by atoms with Gasteiger partial charge in [-0.1, -0.05) is 44.5 Å². The van der Waals surface area contributed by atoms with E-state index in [9.17, 15) is 14.0 Å². The van der Waals surface area contributed by atoms with Crippen LogP contribution in [0.4, 0.5) is 4.39 Å². The first-order valence-corrected chi connectivity index (χ1v) is 10.9. The molecule has 0 saturated heterocycles. The first-order valence-electron chi connectivity index (χ1n) is 10.9. The summed E-state index contributed by atoms with van der Waals surface area (Å²) in [5.41, 5.74) is 2.81. The van der Waals surface area contributed by atoms with E-state index in [4.69, 9.17) is 4.74 Å². The largest absolute Gasteiger partial charge is 0.483 e. The lowest BCUT2D eigenvalue weighted by molar-refractivity contribution is -0.143. The topological polar surface area (TPSA) is 58.6 Å². The summed E-state index contributed by atoms with van der Waals surface area (Å²) in [6, 6.07) is 11.0. The van der Waals surface area contributed by atoms with Gasteiger partial charge in [-0.3, -0.25) is 9.59 Å². The van der Waals surface area contributed by atoms with E-state index in [2.05, 4.69) is 12.2 Å². The highest BCUT2D eigenvalue weighted by Crippen LogP contribution is 2.21. The summed E-state index contributed by atoms with van der Waals surface area (Å²) in [5, 5.41) is 2.92. The van der Waals surface area contributed by atoms with Crippen LogP contribution >= 0.6 is 0 Å². The fourth-order valence-electron chi connectivity index (χ4n) is 3.32. The van der Waals surface area contributed by atoms with Crippen LogP contribution in [0.25, 0.3) is 0 Å². The minimum atomic E-state index is -0.628. The van der Waals surface area contributed by atoms with Crippen molar-refractivity contribution >= 4 is 11.8 Å². The lowest BCUT2D eigenvalue weighted by atomic mass is 10.1. The second kappa shape index (κ2) is 12.1. The Morgan fingerprint density at radius 2 is 1.81 bits per heavy atom. The van der Waals surface area contributed by atoms with E-state index < -0.39 is 6.04 Å². The summed E-state index contributed by atoms with van der Waals surface area (Å²) < 4.78 is 19.1. The molecule has 0 heterocycles. The van der Waals surface area contributed by atoms with Crippen LogP contribution in [0.5, 0.6) is 5.75 Å². The van der Waals surface area contributed by atoms with E-state index >= 15 is 0 Å². The Hall–Kier alpha value is -2.89. The third-order valence-corrected chi connectivity index (χ3v) is 5.39. The van der Waals surface area contributed by atoms with Crippen LogP contribution in [0.15, 0.2) is 42.5 Å². The van der Waals surface area contributed by atoms with Crippen LogP contribution in [-0.2, 0) is 16.1 Å². The van der Waals surface area contributed by atoms with Crippen LogP contribution in [0.1, 0.15) is 49.8 Å². The van der Waals surface area contributed by atoms with Crippen molar-refractivity contribution in [1.29, 1.82) is 0 Å². The maximum absolute atomic E-state index is 13.3. The number of carbonyl (C=O) groups is 2. The van der Waals surface area contributed by atoms with E-state index in [1.165, 1.54) is 17.0 Å². The number of aryl methyl sites for hydroxylation is 1. The van der Waals surface area contributed by atoms with Crippen molar-refractivity contribution in [2.24, 2.45) is 0 Å². The molecule has 0 spiro atoms. The number of nitrogens with one attached hydrogen (secondary N) is 1. The molecule has 2 aromatic rings. The Bertz CT molecular complexity index is 868. The number of hydrogen-bond acceptors (Lipinski definition) is 3. The predicted molar refractivity (Wildman–Crippen MR) is 120 cm³/mol. The molecule has 2 amide bonds. The molecule has 0 aliphatic heterocycles. The Kier molecular flexibility index (Phi) is 9.50. The minimum absolute atomic E-state index is 0.176. The van der Waals surface area contributed by atoms with Crippen LogP contribution in [0.2, 0.25) is 0 Å². The van der Waals surface area contributed by atoms with Gasteiger partial charge in [0.2, 0.25) is 5.91 Å². The molecule has 2 aromatic carbocycles. The van der Waals surface area contributed by atoms with Gasteiger partial charge in [-0.25, -0.2) is 4.39 Å². The summed E-state index contributed by atoms with van der Waals surface area (Å²) in [4.78, 5) is 27.5.